The molecule has 1 saturated heterocycles. The van der Waals surface area contributed by atoms with Crippen molar-refractivity contribution in [2.45, 2.75) is 37.7 Å². The van der Waals surface area contributed by atoms with E-state index < -0.39 is 10.0 Å². The van der Waals surface area contributed by atoms with E-state index in [0.29, 0.717) is 24.5 Å². The first kappa shape index (κ1) is 16.0. The number of para-hydroxylation sites is 1. The summed E-state index contributed by atoms with van der Waals surface area (Å²) in [6.45, 7) is 4.31. The molecular weight excluding hydrogens is 314 g/mol. The monoisotopic (exact) mass is 335 g/mol. The number of ether oxygens (including phenoxy) is 1. The molecule has 1 aromatic heterocycles. The van der Waals surface area contributed by atoms with Gasteiger partial charge in [0.25, 0.3) is 0 Å². The average molecular weight is 335 g/mol. The Labute approximate surface area is 136 Å². The zero-order valence-corrected chi connectivity index (χ0v) is 14.1. The Morgan fingerprint density at radius 2 is 2.00 bits per heavy atom. The van der Waals surface area contributed by atoms with Gasteiger partial charge >= 0.3 is 0 Å². The first-order valence-electron chi connectivity index (χ1n) is 7.72. The first-order chi connectivity index (χ1) is 11.0. The summed E-state index contributed by atoms with van der Waals surface area (Å²) in [6, 6.07) is 9.51. The van der Waals surface area contributed by atoms with Gasteiger partial charge in [-0.3, -0.25) is 5.10 Å². The van der Waals surface area contributed by atoms with Crippen LogP contribution in [0.2, 0.25) is 0 Å². The van der Waals surface area contributed by atoms with Gasteiger partial charge in [-0.05, 0) is 38.8 Å². The van der Waals surface area contributed by atoms with E-state index in [9.17, 15) is 8.42 Å². The third-order valence-corrected chi connectivity index (χ3v) is 6.17. The molecule has 0 amide bonds. The molecule has 1 aliphatic rings. The lowest BCUT2D eigenvalue weighted by Crippen LogP contribution is -2.44. The third-order valence-electron chi connectivity index (χ3n) is 4.05. The van der Waals surface area contributed by atoms with Crippen LogP contribution >= 0.6 is 0 Å². The Hall–Kier alpha value is -1.86. The number of aromatic nitrogens is 2. The highest BCUT2D eigenvalue weighted by molar-refractivity contribution is 7.89. The van der Waals surface area contributed by atoms with Gasteiger partial charge in [-0.1, -0.05) is 18.2 Å². The van der Waals surface area contributed by atoms with Crippen LogP contribution < -0.4 is 4.74 Å². The van der Waals surface area contributed by atoms with E-state index in [2.05, 4.69) is 10.2 Å². The van der Waals surface area contributed by atoms with E-state index in [-0.39, 0.29) is 11.0 Å². The maximum Gasteiger partial charge on any atom is 0.246 e. The van der Waals surface area contributed by atoms with E-state index in [0.717, 1.165) is 18.6 Å². The molecule has 1 aromatic carbocycles. The molecule has 7 heteroatoms. The Balaban J connectivity index is 1.78. The molecule has 1 aliphatic heterocycles. The van der Waals surface area contributed by atoms with Crippen molar-refractivity contribution >= 4 is 10.0 Å². The number of sulfonamides is 1. The maximum atomic E-state index is 12.9. The van der Waals surface area contributed by atoms with Gasteiger partial charge < -0.3 is 4.74 Å². The number of piperidine rings is 1. The predicted molar refractivity (Wildman–Crippen MR) is 86.9 cm³/mol. The van der Waals surface area contributed by atoms with Crippen molar-refractivity contribution in [2.75, 3.05) is 13.1 Å². The Morgan fingerprint density at radius 3 is 2.65 bits per heavy atom. The van der Waals surface area contributed by atoms with Crippen LogP contribution in [0.5, 0.6) is 5.75 Å². The molecule has 2 heterocycles. The Bertz CT molecular complexity index is 752. The predicted octanol–water partition coefficient (Wildman–Crippen LogP) is 2.26. The smallest absolute Gasteiger partial charge is 0.246 e. The highest BCUT2D eigenvalue weighted by Gasteiger charge is 2.34. The van der Waals surface area contributed by atoms with Gasteiger partial charge in [-0.15, -0.1) is 0 Å². The molecular formula is C16H21N3O3S. The molecule has 0 aliphatic carbocycles. The Morgan fingerprint density at radius 1 is 1.26 bits per heavy atom. The van der Waals surface area contributed by atoms with Crippen LogP contribution in [0.3, 0.4) is 0 Å². The van der Waals surface area contributed by atoms with Crippen molar-refractivity contribution in [3.05, 3.63) is 41.7 Å². The molecule has 2 aromatic rings. The SMILES string of the molecule is Cc1n[nH]c(C)c1S(=O)(=O)N1CCCC(Oc2ccccc2)C1. The second-order valence-electron chi connectivity index (χ2n) is 5.82. The standard InChI is InChI=1S/C16H21N3O3S/c1-12-16(13(2)18-17-12)23(20,21)19-10-6-9-15(11-19)22-14-7-4-3-5-8-14/h3-5,7-8,15H,6,9-11H2,1-2H3,(H,17,18). The molecule has 6 nitrogen and oxygen atoms in total. The van der Waals surface area contributed by atoms with Crippen LogP contribution in [0.4, 0.5) is 0 Å². The summed E-state index contributed by atoms with van der Waals surface area (Å²) in [4.78, 5) is 0.290. The van der Waals surface area contributed by atoms with E-state index in [4.69, 9.17) is 4.74 Å². The summed E-state index contributed by atoms with van der Waals surface area (Å²) in [6.07, 6.45) is 1.50. The van der Waals surface area contributed by atoms with E-state index in [1.54, 1.807) is 13.8 Å². The van der Waals surface area contributed by atoms with Gasteiger partial charge in [-0.2, -0.15) is 9.40 Å². The fraction of sp³-hybridized carbons (Fsp3) is 0.438. The fourth-order valence-corrected chi connectivity index (χ4v) is 4.80. The van der Waals surface area contributed by atoms with Crippen LogP contribution in [0.25, 0.3) is 0 Å². The quantitative estimate of drug-likeness (QED) is 0.930. The molecule has 1 atom stereocenters. The summed E-state index contributed by atoms with van der Waals surface area (Å²) in [5.41, 5.74) is 1.09. The Kier molecular flexibility index (Phi) is 4.41. The summed E-state index contributed by atoms with van der Waals surface area (Å²) in [5.74, 6) is 0.771. The van der Waals surface area contributed by atoms with Crippen molar-refractivity contribution in [3.8, 4) is 5.75 Å². The molecule has 124 valence electrons. The topological polar surface area (TPSA) is 75.3 Å². The van der Waals surface area contributed by atoms with Gasteiger partial charge in [0.15, 0.2) is 0 Å². The number of benzene rings is 1. The number of hydrogen-bond acceptors (Lipinski definition) is 4. The normalized spacial score (nSPS) is 19.7. The number of nitrogens with one attached hydrogen (secondary N) is 1. The maximum absolute atomic E-state index is 12.9. The number of aryl methyl sites for hydroxylation is 2. The molecule has 0 bridgehead atoms. The van der Waals surface area contributed by atoms with Gasteiger partial charge in [-0.25, -0.2) is 8.42 Å². The molecule has 23 heavy (non-hydrogen) atoms. The third kappa shape index (κ3) is 3.25. The minimum absolute atomic E-state index is 0.131. The number of aromatic amines is 1. The lowest BCUT2D eigenvalue weighted by Gasteiger charge is -2.32. The number of nitrogens with zero attached hydrogens (tertiary/aromatic N) is 2. The largest absolute Gasteiger partial charge is 0.489 e. The zero-order valence-electron chi connectivity index (χ0n) is 13.3. The van der Waals surface area contributed by atoms with Crippen LogP contribution in [0.15, 0.2) is 35.2 Å². The number of rotatable bonds is 4. The van der Waals surface area contributed by atoms with Crippen molar-refractivity contribution < 1.29 is 13.2 Å². The fourth-order valence-electron chi connectivity index (χ4n) is 2.96. The lowest BCUT2D eigenvalue weighted by atomic mass is 10.1. The highest BCUT2D eigenvalue weighted by atomic mass is 32.2. The molecule has 3 rings (SSSR count). The second-order valence-corrected chi connectivity index (χ2v) is 7.70. The molecule has 0 saturated carbocycles. The van der Waals surface area contributed by atoms with Crippen molar-refractivity contribution in [1.82, 2.24) is 14.5 Å². The van der Waals surface area contributed by atoms with Crippen molar-refractivity contribution in [2.24, 2.45) is 0 Å². The van der Waals surface area contributed by atoms with E-state index in [1.165, 1.54) is 4.31 Å². The number of H-pyrrole nitrogens is 1. The van der Waals surface area contributed by atoms with Crippen molar-refractivity contribution in [1.29, 1.82) is 0 Å². The summed E-state index contributed by atoms with van der Waals surface area (Å²) < 4.78 is 33.2. The number of hydrogen-bond donors (Lipinski definition) is 1. The van der Waals surface area contributed by atoms with Gasteiger partial charge in [0.2, 0.25) is 10.0 Å². The van der Waals surface area contributed by atoms with Gasteiger partial charge in [0.05, 0.1) is 17.9 Å². The molecule has 1 unspecified atom stereocenters. The minimum Gasteiger partial charge on any atom is -0.489 e. The van der Waals surface area contributed by atoms with Gasteiger partial charge in [0, 0.05) is 6.54 Å². The molecule has 0 radical (unpaired) electrons. The van der Waals surface area contributed by atoms with Crippen LogP contribution in [0, 0.1) is 13.8 Å². The summed E-state index contributed by atoms with van der Waals surface area (Å²) in [5, 5.41) is 6.75. The van der Waals surface area contributed by atoms with Crippen molar-refractivity contribution in [3.63, 3.8) is 0 Å². The lowest BCUT2D eigenvalue weighted by molar-refractivity contribution is 0.129. The second kappa shape index (κ2) is 6.33. The molecule has 0 spiro atoms. The summed E-state index contributed by atoms with van der Waals surface area (Å²) in [7, 11) is -3.55. The van der Waals surface area contributed by atoms with E-state index >= 15 is 0 Å². The van der Waals surface area contributed by atoms with Gasteiger partial charge in [0.1, 0.15) is 16.7 Å². The van der Waals surface area contributed by atoms with Crippen LogP contribution in [-0.2, 0) is 10.0 Å². The highest BCUT2D eigenvalue weighted by Crippen LogP contribution is 2.26. The van der Waals surface area contributed by atoms with E-state index in [1.807, 2.05) is 30.3 Å². The molecule has 1 N–H and O–H groups in total. The minimum atomic E-state index is -3.55. The first-order valence-corrected chi connectivity index (χ1v) is 9.16. The van der Waals surface area contributed by atoms with Crippen LogP contribution in [0.1, 0.15) is 24.2 Å². The zero-order chi connectivity index (χ0) is 16.4. The average Bonchev–Trinajstić information content (AvgIpc) is 2.88. The molecule has 1 fully saturated rings. The van der Waals surface area contributed by atoms with Crippen LogP contribution in [-0.4, -0.2) is 42.1 Å². The summed E-state index contributed by atoms with van der Waals surface area (Å²) >= 11 is 0.